The molecule has 0 fully saturated rings. The predicted octanol–water partition coefficient (Wildman–Crippen LogP) is 3.12. The number of nitrogens with zero attached hydrogens (tertiary/aromatic N) is 2. The van der Waals surface area contributed by atoms with E-state index in [2.05, 4.69) is 9.97 Å². The van der Waals surface area contributed by atoms with Gasteiger partial charge in [-0.15, -0.1) is 11.8 Å². The van der Waals surface area contributed by atoms with E-state index in [1.54, 1.807) is 36.7 Å². The summed E-state index contributed by atoms with van der Waals surface area (Å²) in [5.41, 5.74) is 0.755. The van der Waals surface area contributed by atoms with Crippen LogP contribution in [0.1, 0.15) is 16.1 Å². The fourth-order valence-electron chi connectivity index (χ4n) is 1.34. The van der Waals surface area contributed by atoms with Crippen molar-refractivity contribution in [3.05, 3.63) is 52.9 Å². The van der Waals surface area contributed by atoms with Gasteiger partial charge in [0.2, 0.25) is 0 Å². The molecule has 0 aromatic carbocycles. The molecule has 0 radical (unpaired) electrons. The highest BCUT2D eigenvalue weighted by Gasteiger charge is 2.10. The lowest BCUT2D eigenvalue weighted by atomic mass is 10.2. The van der Waals surface area contributed by atoms with E-state index in [0.717, 1.165) is 5.03 Å². The Morgan fingerprint density at radius 1 is 1.33 bits per heavy atom. The first-order valence-electron chi connectivity index (χ1n) is 5.08. The van der Waals surface area contributed by atoms with E-state index in [1.165, 1.54) is 11.8 Å². The van der Waals surface area contributed by atoms with Crippen molar-refractivity contribution in [1.29, 1.82) is 0 Å². The molecule has 2 aromatic rings. The molecule has 0 amide bonds. The number of carboxylic acid groups (broad SMARTS) is 1. The van der Waals surface area contributed by atoms with Gasteiger partial charge < -0.3 is 5.11 Å². The smallest absolute Gasteiger partial charge is 0.337 e. The number of aromatic carboxylic acids is 1. The number of hydrogen-bond donors (Lipinski definition) is 1. The van der Waals surface area contributed by atoms with Crippen LogP contribution in [0.2, 0.25) is 5.02 Å². The number of carbonyl (C=O) groups is 1. The molecule has 6 heteroatoms. The van der Waals surface area contributed by atoms with E-state index in [-0.39, 0.29) is 5.56 Å². The maximum absolute atomic E-state index is 11.0. The van der Waals surface area contributed by atoms with Crippen LogP contribution in [-0.2, 0) is 5.75 Å². The Bertz CT molecular complexity index is 560. The Labute approximate surface area is 113 Å². The Hall–Kier alpha value is -1.59. The maximum Gasteiger partial charge on any atom is 0.337 e. The van der Waals surface area contributed by atoms with E-state index >= 15 is 0 Å². The van der Waals surface area contributed by atoms with Crippen LogP contribution in [0, 0.1) is 0 Å². The summed E-state index contributed by atoms with van der Waals surface area (Å²) in [6, 6.07) is 6.68. The third kappa shape index (κ3) is 3.21. The SMILES string of the molecule is O=C(O)c1cccnc1CSc1ccc(Cl)cn1. The second-order valence-electron chi connectivity index (χ2n) is 3.41. The molecule has 0 aliphatic rings. The highest BCUT2D eigenvalue weighted by Crippen LogP contribution is 2.22. The number of thioether (sulfide) groups is 1. The molecule has 92 valence electrons. The van der Waals surface area contributed by atoms with Gasteiger partial charge in [0, 0.05) is 18.1 Å². The van der Waals surface area contributed by atoms with E-state index in [4.69, 9.17) is 16.7 Å². The fourth-order valence-corrected chi connectivity index (χ4v) is 2.26. The fraction of sp³-hybridized carbons (Fsp3) is 0.0833. The van der Waals surface area contributed by atoms with Crippen molar-refractivity contribution in [3.63, 3.8) is 0 Å². The number of carboxylic acids is 1. The number of halogens is 1. The molecule has 0 unspecified atom stereocenters. The van der Waals surface area contributed by atoms with Crippen LogP contribution in [0.4, 0.5) is 0 Å². The highest BCUT2D eigenvalue weighted by atomic mass is 35.5. The van der Waals surface area contributed by atoms with E-state index in [9.17, 15) is 4.79 Å². The summed E-state index contributed by atoms with van der Waals surface area (Å²) >= 11 is 7.15. The summed E-state index contributed by atoms with van der Waals surface area (Å²) in [5, 5.41) is 10.4. The maximum atomic E-state index is 11.0. The Kier molecular flexibility index (Phi) is 4.17. The molecule has 0 saturated heterocycles. The normalized spacial score (nSPS) is 10.3. The van der Waals surface area contributed by atoms with Gasteiger partial charge in [-0.3, -0.25) is 4.98 Å². The van der Waals surface area contributed by atoms with Gasteiger partial charge in [-0.2, -0.15) is 0 Å². The van der Waals surface area contributed by atoms with Crippen LogP contribution >= 0.6 is 23.4 Å². The molecule has 2 rings (SSSR count). The van der Waals surface area contributed by atoms with Crippen molar-refractivity contribution in [2.24, 2.45) is 0 Å². The van der Waals surface area contributed by atoms with E-state index < -0.39 is 5.97 Å². The minimum Gasteiger partial charge on any atom is -0.478 e. The lowest BCUT2D eigenvalue weighted by molar-refractivity contribution is 0.0695. The summed E-state index contributed by atoms with van der Waals surface area (Å²) in [6.45, 7) is 0. The van der Waals surface area contributed by atoms with Gasteiger partial charge in [0.25, 0.3) is 0 Å². The van der Waals surface area contributed by atoms with Crippen LogP contribution in [-0.4, -0.2) is 21.0 Å². The second-order valence-corrected chi connectivity index (χ2v) is 4.84. The van der Waals surface area contributed by atoms with Crippen LogP contribution in [0.3, 0.4) is 0 Å². The molecular weight excluding hydrogens is 272 g/mol. The van der Waals surface area contributed by atoms with Crippen molar-refractivity contribution >= 4 is 29.3 Å². The highest BCUT2D eigenvalue weighted by molar-refractivity contribution is 7.98. The molecular formula is C12H9ClN2O2S. The monoisotopic (exact) mass is 280 g/mol. The molecule has 0 spiro atoms. The van der Waals surface area contributed by atoms with Gasteiger partial charge in [-0.05, 0) is 24.3 Å². The van der Waals surface area contributed by atoms with Gasteiger partial charge in [-0.1, -0.05) is 11.6 Å². The molecule has 0 aliphatic carbocycles. The molecule has 0 atom stereocenters. The lowest BCUT2D eigenvalue weighted by Crippen LogP contribution is -2.03. The number of aromatic nitrogens is 2. The van der Waals surface area contributed by atoms with Gasteiger partial charge in [0.05, 0.1) is 21.3 Å². The topological polar surface area (TPSA) is 63.1 Å². The quantitative estimate of drug-likeness (QED) is 0.872. The summed E-state index contributed by atoms with van der Waals surface area (Å²) in [6.07, 6.45) is 3.14. The Balaban J connectivity index is 2.10. The molecule has 18 heavy (non-hydrogen) atoms. The Morgan fingerprint density at radius 2 is 2.17 bits per heavy atom. The largest absolute Gasteiger partial charge is 0.478 e. The average molecular weight is 281 g/mol. The number of hydrogen-bond acceptors (Lipinski definition) is 4. The number of rotatable bonds is 4. The molecule has 2 heterocycles. The zero-order valence-electron chi connectivity index (χ0n) is 9.21. The first-order chi connectivity index (χ1) is 8.66. The second kappa shape index (κ2) is 5.84. The molecule has 2 aromatic heterocycles. The first kappa shape index (κ1) is 12.9. The molecule has 0 aliphatic heterocycles. The zero-order chi connectivity index (χ0) is 13.0. The van der Waals surface area contributed by atoms with Gasteiger partial charge >= 0.3 is 5.97 Å². The third-order valence-corrected chi connectivity index (χ3v) is 3.36. The van der Waals surface area contributed by atoms with Crippen molar-refractivity contribution in [3.8, 4) is 0 Å². The molecule has 0 bridgehead atoms. The summed E-state index contributed by atoms with van der Waals surface area (Å²) < 4.78 is 0. The Morgan fingerprint density at radius 3 is 2.83 bits per heavy atom. The van der Waals surface area contributed by atoms with Crippen molar-refractivity contribution in [2.75, 3.05) is 0 Å². The van der Waals surface area contributed by atoms with E-state index in [0.29, 0.717) is 16.5 Å². The van der Waals surface area contributed by atoms with Crippen molar-refractivity contribution < 1.29 is 9.90 Å². The predicted molar refractivity (Wildman–Crippen MR) is 70.0 cm³/mol. The summed E-state index contributed by atoms with van der Waals surface area (Å²) in [5.74, 6) is -0.514. The van der Waals surface area contributed by atoms with Gasteiger partial charge in [0.1, 0.15) is 0 Å². The first-order valence-corrected chi connectivity index (χ1v) is 6.44. The average Bonchev–Trinajstić information content (AvgIpc) is 2.38. The van der Waals surface area contributed by atoms with Crippen molar-refractivity contribution in [2.45, 2.75) is 10.8 Å². The lowest BCUT2D eigenvalue weighted by Gasteiger charge is -2.04. The molecule has 1 N–H and O–H groups in total. The summed E-state index contributed by atoms with van der Waals surface area (Å²) in [7, 11) is 0. The van der Waals surface area contributed by atoms with Crippen LogP contribution in [0.25, 0.3) is 0 Å². The van der Waals surface area contributed by atoms with Gasteiger partial charge in [0.15, 0.2) is 0 Å². The standard InChI is InChI=1S/C12H9ClN2O2S/c13-8-3-4-11(15-6-8)18-7-10-9(12(16)17)2-1-5-14-10/h1-6H,7H2,(H,16,17). The van der Waals surface area contributed by atoms with E-state index in [1.807, 2.05) is 0 Å². The minimum atomic E-state index is -0.970. The summed E-state index contributed by atoms with van der Waals surface area (Å²) in [4.78, 5) is 19.2. The molecule has 0 saturated carbocycles. The van der Waals surface area contributed by atoms with Gasteiger partial charge in [-0.25, -0.2) is 9.78 Å². The van der Waals surface area contributed by atoms with Crippen LogP contribution < -0.4 is 0 Å². The molecule has 4 nitrogen and oxygen atoms in total. The van der Waals surface area contributed by atoms with Crippen LogP contribution in [0.5, 0.6) is 0 Å². The zero-order valence-corrected chi connectivity index (χ0v) is 10.8. The minimum absolute atomic E-state index is 0.221. The number of pyridine rings is 2. The third-order valence-electron chi connectivity index (χ3n) is 2.18. The van der Waals surface area contributed by atoms with Crippen molar-refractivity contribution in [1.82, 2.24) is 9.97 Å². The van der Waals surface area contributed by atoms with Crippen LogP contribution in [0.15, 0.2) is 41.7 Å².